The van der Waals surface area contributed by atoms with Crippen molar-refractivity contribution in [1.82, 2.24) is 9.97 Å². The highest BCUT2D eigenvalue weighted by molar-refractivity contribution is 6.08. The van der Waals surface area contributed by atoms with Crippen molar-refractivity contribution >= 4 is 29.8 Å². The summed E-state index contributed by atoms with van der Waals surface area (Å²) in [6.07, 6.45) is 5.15. The third-order valence-electron chi connectivity index (χ3n) is 5.45. The molecular formula is C21H25N5O2. The van der Waals surface area contributed by atoms with Crippen LogP contribution in [0, 0.1) is 0 Å². The molecule has 3 heterocycles. The van der Waals surface area contributed by atoms with Gasteiger partial charge in [0.15, 0.2) is 12.1 Å². The molecule has 2 saturated heterocycles. The molecule has 0 radical (unpaired) electrons. The van der Waals surface area contributed by atoms with E-state index in [0.717, 1.165) is 58.1 Å². The van der Waals surface area contributed by atoms with Gasteiger partial charge in [-0.15, -0.1) is 0 Å². The van der Waals surface area contributed by atoms with Crippen LogP contribution in [0.2, 0.25) is 0 Å². The lowest BCUT2D eigenvalue weighted by Crippen LogP contribution is -2.32. The Morgan fingerprint density at radius 2 is 1.57 bits per heavy atom. The first-order valence-corrected chi connectivity index (χ1v) is 9.89. The summed E-state index contributed by atoms with van der Waals surface area (Å²) >= 11 is 0. The lowest BCUT2D eigenvalue weighted by molar-refractivity contribution is 0.0992. The van der Waals surface area contributed by atoms with Gasteiger partial charge in [0.25, 0.3) is 5.91 Å². The topological polar surface area (TPSA) is 69.6 Å². The minimum atomic E-state index is -0.192. The molecule has 2 fully saturated rings. The average molecular weight is 379 g/mol. The molecule has 0 saturated carbocycles. The fourth-order valence-corrected chi connectivity index (χ4v) is 3.90. The van der Waals surface area contributed by atoms with Crippen molar-refractivity contribution < 1.29 is 9.59 Å². The predicted molar refractivity (Wildman–Crippen MR) is 109 cm³/mol. The SMILES string of the molecule is CN(C(=O)c1ccccc1)c1nc(N2CCCC2)nc(N2CCCC2)c1C=O. The smallest absolute Gasteiger partial charge is 0.259 e. The molecule has 0 N–H and O–H groups in total. The van der Waals surface area contributed by atoms with Crippen LogP contribution in [-0.4, -0.2) is 55.4 Å². The highest BCUT2D eigenvalue weighted by atomic mass is 16.2. The first-order valence-electron chi connectivity index (χ1n) is 9.89. The second-order valence-electron chi connectivity index (χ2n) is 7.32. The molecule has 146 valence electrons. The molecule has 7 heteroatoms. The summed E-state index contributed by atoms with van der Waals surface area (Å²) < 4.78 is 0. The number of rotatable bonds is 5. The summed E-state index contributed by atoms with van der Waals surface area (Å²) in [5, 5.41) is 0. The molecule has 2 aliphatic heterocycles. The maximum absolute atomic E-state index is 13.0. The minimum Gasteiger partial charge on any atom is -0.356 e. The van der Waals surface area contributed by atoms with Crippen molar-refractivity contribution in [3.63, 3.8) is 0 Å². The van der Waals surface area contributed by atoms with Crippen molar-refractivity contribution in [2.45, 2.75) is 25.7 Å². The number of carbonyl (C=O) groups excluding carboxylic acids is 2. The molecule has 28 heavy (non-hydrogen) atoms. The normalized spacial score (nSPS) is 16.5. The molecule has 0 aliphatic carbocycles. The van der Waals surface area contributed by atoms with Gasteiger partial charge in [0, 0.05) is 38.8 Å². The van der Waals surface area contributed by atoms with E-state index in [2.05, 4.69) is 14.8 Å². The average Bonchev–Trinajstić information content (AvgIpc) is 3.46. The van der Waals surface area contributed by atoms with Crippen LogP contribution in [0.1, 0.15) is 46.4 Å². The van der Waals surface area contributed by atoms with Crippen molar-refractivity contribution in [3.8, 4) is 0 Å². The third-order valence-corrected chi connectivity index (χ3v) is 5.45. The van der Waals surface area contributed by atoms with Gasteiger partial charge in [0.1, 0.15) is 11.4 Å². The standard InChI is InChI=1S/C21H25N5O2/c1-24(20(28)16-9-3-2-4-10-16)18-17(15-27)19(25-11-5-6-12-25)23-21(22-18)26-13-7-8-14-26/h2-4,9-10,15H,5-8,11-14H2,1H3. The van der Waals surface area contributed by atoms with Gasteiger partial charge in [-0.2, -0.15) is 9.97 Å². The van der Waals surface area contributed by atoms with Gasteiger partial charge >= 0.3 is 0 Å². The fraction of sp³-hybridized carbons (Fsp3) is 0.429. The number of aldehydes is 1. The zero-order chi connectivity index (χ0) is 19.5. The number of aromatic nitrogens is 2. The van der Waals surface area contributed by atoms with E-state index >= 15 is 0 Å². The van der Waals surface area contributed by atoms with E-state index in [0.29, 0.717) is 28.7 Å². The van der Waals surface area contributed by atoms with E-state index in [1.165, 1.54) is 4.90 Å². The number of hydrogen-bond donors (Lipinski definition) is 0. The van der Waals surface area contributed by atoms with Crippen LogP contribution in [0.3, 0.4) is 0 Å². The molecule has 0 atom stereocenters. The summed E-state index contributed by atoms with van der Waals surface area (Å²) in [7, 11) is 1.67. The van der Waals surface area contributed by atoms with Crippen LogP contribution in [0.4, 0.5) is 17.6 Å². The Balaban J connectivity index is 1.79. The molecule has 0 bridgehead atoms. The van der Waals surface area contributed by atoms with E-state index in [4.69, 9.17) is 4.98 Å². The largest absolute Gasteiger partial charge is 0.356 e. The fourth-order valence-electron chi connectivity index (χ4n) is 3.90. The second-order valence-corrected chi connectivity index (χ2v) is 7.32. The lowest BCUT2D eigenvalue weighted by atomic mass is 10.2. The highest BCUT2D eigenvalue weighted by Crippen LogP contribution is 2.31. The maximum atomic E-state index is 13.0. The minimum absolute atomic E-state index is 0.192. The molecule has 2 aromatic rings. The van der Waals surface area contributed by atoms with E-state index in [1.54, 1.807) is 19.2 Å². The first-order chi connectivity index (χ1) is 13.7. The zero-order valence-corrected chi connectivity index (χ0v) is 16.2. The van der Waals surface area contributed by atoms with Gasteiger partial charge in [-0.25, -0.2) is 0 Å². The number of nitrogens with zero attached hydrogens (tertiary/aromatic N) is 5. The number of hydrogen-bond acceptors (Lipinski definition) is 6. The molecule has 1 amide bonds. The van der Waals surface area contributed by atoms with Gasteiger partial charge < -0.3 is 9.80 Å². The summed E-state index contributed by atoms with van der Waals surface area (Å²) in [4.78, 5) is 40.2. The molecule has 4 rings (SSSR count). The molecule has 0 spiro atoms. The molecule has 1 aromatic heterocycles. The molecule has 1 aromatic carbocycles. The van der Waals surface area contributed by atoms with Crippen molar-refractivity contribution in [2.24, 2.45) is 0 Å². The summed E-state index contributed by atoms with van der Waals surface area (Å²) in [5.74, 6) is 1.43. The van der Waals surface area contributed by atoms with Gasteiger partial charge in [0.05, 0.1) is 0 Å². The Kier molecular flexibility index (Phi) is 5.23. The van der Waals surface area contributed by atoms with Crippen LogP contribution in [0.15, 0.2) is 30.3 Å². The number of amides is 1. The molecule has 0 unspecified atom stereocenters. The van der Waals surface area contributed by atoms with Crippen molar-refractivity contribution in [1.29, 1.82) is 0 Å². The van der Waals surface area contributed by atoms with Gasteiger partial charge in [0.2, 0.25) is 5.95 Å². The van der Waals surface area contributed by atoms with Crippen molar-refractivity contribution in [2.75, 3.05) is 47.9 Å². The Morgan fingerprint density at radius 3 is 2.18 bits per heavy atom. The zero-order valence-electron chi connectivity index (χ0n) is 16.2. The van der Waals surface area contributed by atoms with Gasteiger partial charge in [-0.05, 0) is 37.8 Å². The van der Waals surface area contributed by atoms with Crippen LogP contribution >= 0.6 is 0 Å². The summed E-state index contributed by atoms with van der Waals surface area (Å²) in [6, 6.07) is 9.06. The Morgan fingerprint density at radius 1 is 0.964 bits per heavy atom. The van der Waals surface area contributed by atoms with Crippen LogP contribution in [0.25, 0.3) is 0 Å². The number of benzene rings is 1. The van der Waals surface area contributed by atoms with E-state index in [9.17, 15) is 9.59 Å². The van der Waals surface area contributed by atoms with Crippen molar-refractivity contribution in [3.05, 3.63) is 41.5 Å². The summed E-state index contributed by atoms with van der Waals surface area (Å²) in [5.41, 5.74) is 0.947. The lowest BCUT2D eigenvalue weighted by Gasteiger charge is -2.26. The third kappa shape index (κ3) is 3.44. The quantitative estimate of drug-likeness (QED) is 0.744. The summed E-state index contributed by atoms with van der Waals surface area (Å²) in [6.45, 7) is 3.53. The van der Waals surface area contributed by atoms with E-state index < -0.39 is 0 Å². The Labute approximate surface area is 165 Å². The number of carbonyl (C=O) groups is 2. The second kappa shape index (κ2) is 7.96. The Hall–Kier alpha value is -2.96. The number of anilines is 3. The molecular weight excluding hydrogens is 354 g/mol. The van der Waals surface area contributed by atoms with Crippen LogP contribution in [-0.2, 0) is 0 Å². The molecule has 7 nitrogen and oxygen atoms in total. The molecule has 2 aliphatic rings. The highest BCUT2D eigenvalue weighted by Gasteiger charge is 2.28. The van der Waals surface area contributed by atoms with Crippen LogP contribution < -0.4 is 14.7 Å². The van der Waals surface area contributed by atoms with Gasteiger partial charge in [-0.3, -0.25) is 14.5 Å². The van der Waals surface area contributed by atoms with Crippen LogP contribution in [0.5, 0.6) is 0 Å². The monoisotopic (exact) mass is 379 g/mol. The van der Waals surface area contributed by atoms with Gasteiger partial charge in [-0.1, -0.05) is 18.2 Å². The maximum Gasteiger partial charge on any atom is 0.259 e. The first kappa shape index (κ1) is 18.4. The van der Waals surface area contributed by atoms with E-state index in [-0.39, 0.29) is 5.91 Å². The van der Waals surface area contributed by atoms with E-state index in [1.807, 2.05) is 18.2 Å². The predicted octanol–water partition coefficient (Wildman–Crippen LogP) is 2.77. The Bertz CT molecular complexity index is 859.